The molecule has 2 aromatic heterocycles. The van der Waals surface area contributed by atoms with Gasteiger partial charge in [-0.05, 0) is 65.4 Å². The van der Waals surface area contributed by atoms with Crippen molar-refractivity contribution in [1.82, 2.24) is 14.3 Å². The second-order valence-electron chi connectivity index (χ2n) is 9.83. The van der Waals surface area contributed by atoms with E-state index < -0.39 is 10.0 Å². The number of fused-ring (bicyclic) bond motifs is 1. The summed E-state index contributed by atoms with van der Waals surface area (Å²) in [6.45, 7) is 2.39. The molecule has 5 rings (SSSR count). The Morgan fingerprint density at radius 2 is 2.00 bits per heavy atom. The highest BCUT2D eigenvalue weighted by atomic mass is 32.2. The van der Waals surface area contributed by atoms with Crippen molar-refractivity contribution in [2.24, 2.45) is 7.05 Å². The second-order valence-corrected chi connectivity index (χ2v) is 12.7. The number of nitrogens with one attached hydrogen (secondary N) is 1. The summed E-state index contributed by atoms with van der Waals surface area (Å²) < 4.78 is 31.2. The molecule has 7 nitrogen and oxygen atoms in total. The van der Waals surface area contributed by atoms with Crippen LogP contribution in [0, 0.1) is 0 Å². The van der Waals surface area contributed by atoms with Crippen LogP contribution in [-0.2, 0) is 34.8 Å². The number of sulfonamides is 1. The first-order chi connectivity index (χ1) is 18.3. The molecule has 0 fully saturated rings. The number of aromatic nitrogens is 2. The summed E-state index contributed by atoms with van der Waals surface area (Å²) in [7, 11) is -1.71. The lowest BCUT2D eigenvalue weighted by molar-refractivity contribution is -0.119. The van der Waals surface area contributed by atoms with E-state index in [0.29, 0.717) is 23.6 Å². The number of carbonyl (C=O) groups excluding carboxylic acids is 1. The lowest BCUT2D eigenvalue weighted by Crippen LogP contribution is -2.34. The summed E-state index contributed by atoms with van der Waals surface area (Å²) in [6, 6.07) is 19.1. The van der Waals surface area contributed by atoms with Gasteiger partial charge in [-0.15, -0.1) is 11.3 Å². The molecule has 2 heterocycles. The van der Waals surface area contributed by atoms with E-state index >= 15 is 0 Å². The van der Waals surface area contributed by atoms with Crippen molar-refractivity contribution in [3.63, 3.8) is 0 Å². The minimum absolute atomic E-state index is 0.00386. The molecule has 1 amide bonds. The Labute approximate surface area is 228 Å². The van der Waals surface area contributed by atoms with Crippen LogP contribution in [0.2, 0.25) is 0 Å². The molecule has 9 heteroatoms. The molecule has 0 bridgehead atoms. The van der Waals surface area contributed by atoms with E-state index in [0.717, 1.165) is 41.0 Å². The molecule has 2 aromatic carbocycles. The highest BCUT2D eigenvalue weighted by Gasteiger charge is 2.28. The molecule has 1 aliphatic rings. The summed E-state index contributed by atoms with van der Waals surface area (Å²) in [4.78, 5) is 20.0. The SMILES string of the molecule is C[C@@H](CC(=O)N(Cc1nccn1C)c1ccc2c(c1)[C@H](NS(=O)(=O)c1cccs1)CCC2)c1ccccc1. The number of rotatable bonds is 9. The van der Waals surface area contributed by atoms with Gasteiger partial charge in [-0.1, -0.05) is 49.4 Å². The average molecular weight is 549 g/mol. The number of aryl methyl sites for hydroxylation is 2. The van der Waals surface area contributed by atoms with E-state index in [4.69, 9.17) is 0 Å². The predicted molar refractivity (Wildman–Crippen MR) is 151 cm³/mol. The summed E-state index contributed by atoms with van der Waals surface area (Å²) in [6.07, 6.45) is 6.43. The molecule has 0 saturated heterocycles. The molecule has 0 unspecified atom stereocenters. The number of amides is 1. The summed E-state index contributed by atoms with van der Waals surface area (Å²) in [5, 5.41) is 1.76. The van der Waals surface area contributed by atoms with E-state index in [1.807, 2.05) is 66.3 Å². The highest BCUT2D eigenvalue weighted by Crippen LogP contribution is 2.35. The van der Waals surface area contributed by atoms with Crippen molar-refractivity contribution in [3.8, 4) is 0 Å². The Balaban J connectivity index is 1.46. The Morgan fingerprint density at radius 1 is 1.18 bits per heavy atom. The maximum Gasteiger partial charge on any atom is 0.250 e. The zero-order valence-corrected chi connectivity index (χ0v) is 23.2. The van der Waals surface area contributed by atoms with Crippen molar-refractivity contribution >= 4 is 33.0 Å². The molecular formula is C29H32N4O3S2. The zero-order valence-electron chi connectivity index (χ0n) is 21.6. The third kappa shape index (κ3) is 5.75. The molecule has 1 N–H and O–H groups in total. The van der Waals surface area contributed by atoms with Gasteiger partial charge < -0.3 is 9.47 Å². The third-order valence-corrected chi connectivity index (χ3v) is 10.1. The van der Waals surface area contributed by atoms with Crippen molar-refractivity contribution in [2.75, 3.05) is 4.90 Å². The predicted octanol–water partition coefficient (Wildman–Crippen LogP) is 5.56. The topological polar surface area (TPSA) is 84.3 Å². The fraction of sp³-hybridized carbons (Fsp3) is 0.310. The molecule has 1 aliphatic carbocycles. The number of nitrogens with zero attached hydrogens (tertiary/aromatic N) is 3. The number of imidazole rings is 1. The molecule has 0 saturated carbocycles. The van der Waals surface area contributed by atoms with E-state index in [9.17, 15) is 13.2 Å². The zero-order chi connectivity index (χ0) is 26.7. The number of hydrogen-bond donors (Lipinski definition) is 1. The standard InChI is InChI=1S/C29H32N4O3S2/c1-21(22-8-4-3-5-9-22)18-28(34)33(20-27-30-15-16-32(27)2)24-14-13-23-10-6-11-26(25(23)19-24)31-38(35,36)29-12-7-17-37-29/h3-5,7-9,12-17,19,21,26,31H,6,10-11,18,20H2,1-2H3/t21-,26+/m0/s1. The summed E-state index contributed by atoms with van der Waals surface area (Å²) >= 11 is 1.21. The third-order valence-electron chi connectivity index (χ3n) is 7.18. The second kappa shape index (κ2) is 11.2. The lowest BCUT2D eigenvalue weighted by atomic mass is 9.87. The number of anilines is 1. The quantitative estimate of drug-likeness (QED) is 0.297. The fourth-order valence-electron chi connectivity index (χ4n) is 5.02. The van der Waals surface area contributed by atoms with Gasteiger partial charge in [0.25, 0.3) is 10.0 Å². The van der Waals surface area contributed by atoms with Gasteiger partial charge in [-0.3, -0.25) is 4.79 Å². The van der Waals surface area contributed by atoms with Crippen molar-refractivity contribution in [2.45, 2.75) is 55.3 Å². The molecule has 198 valence electrons. The maximum absolute atomic E-state index is 13.8. The Morgan fingerprint density at radius 3 is 2.71 bits per heavy atom. The van der Waals surface area contributed by atoms with Gasteiger partial charge in [0.2, 0.25) is 5.91 Å². The van der Waals surface area contributed by atoms with Gasteiger partial charge in [0.05, 0.1) is 6.54 Å². The smallest absolute Gasteiger partial charge is 0.250 e. The van der Waals surface area contributed by atoms with Crippen LogP contribution in [0.15, 0.2) is 82.6 Å². The van der Waals surface area contributed by atoms with Gasteiger partial charge in [0.15, 0.2) is 0 Å². The summed E-state index contributed by atoms with van der Waals surface area (Å²) in [5.41, 5.74) is 3.91. The molecule has 0 aliphatic heterocycles. The number of hydrogen-bond acceptors (Lipinski definition) is 5. The first-order valence-electron chi connectivity index (χ1n) is 12.8. The average Bonchev–Trinajstić information content (AvgIpc) is 3.60. The highest BCUT2D eigenvalue weighted by molar-refractivity contribution is 7.91. The van der Waals surface area contributed by atoms with Crippen molar-refractivity contribution < 1.29 is 13.2 Å². The van der Waals surface area contributed by atoms with E-state index in [1.54, 1.807) is 28.6 Å². The Kier molecular flexibility index (Phi) is 7.78. The van der Waals surface area contributed by atoms with Gasteiger partial charge >= 0.3 is 0 Å². The summed E-state index contributed by atoms with van der Waals surface area (Å²) in [5.74, 6) is 0.824. The molecule has 4 aromatic rings. The van der Waals surface area contributed by atoms with Crippen LogP contribution in [0.4, 0.5) is 5.69 Å². The van der Waals surface area contributed by atoms with Crippen LogP contribution in [0.3, 0.4) is 0 Å². The maximum atomic E-state index is 13.8. The fourth-order valence-corrected chi connectivity index (χ4v) is 7.28. The van der Waals surface area contributed by atoms with Crippen LogP contribution in [-0.4, -0.2) is 23.9 Å². The number of thiophene rings is 1. The normalized spacial score (nSPS) is 16.1. The van der Waals surface area contributed by atoms with Crippen LogP contribution in [0.25, 0.3) is 0 Å². The van der Waals surface area contributed by atoms with Crippen LogP contribution in [0.5, 0.6) is 0 Å². The number of carbonyl (C=O) groups is 1. The minimum Gasteiger partial charge on any atom is -0.337 e. The monoisotopic (exact) mass is 548 g/mol. The van der Waals surface area contributed by atoms with Gasteiger partial charge in [-0.2, -0.15) is 0 Å². The molecule has 38 heavy (non-hydrogen) atoms. The largest absolute Gasteiger partial charge is 0.337 e. The van der Waals surface area contributed by atoms with Crippen LogP contribution >= 0.6 is 11.3 Å². The Hall–Kier alpha value is -3.27. The minimum atomic E-state index is -3.63. The van der Waals surface area contributed by atoms with Gasteiger partial charge in [-0.25, -0.2) is 18.1 Å². The lowest BCUT2D eigenvalue weighted by Gasteiger charge is -2.30. The van der Waals surface area contributed by atoms with Gasteiger partial charge in [0.1, 0.15) is 10.0 Å². The molecule has 0 radical (unpaired) electrons. The van der Waals surface area contributed by atoms with Crippen LogP contribution in [0.1, 0.15) is 60.7 Å². The molecular weight excluding hydrogens is 516 g/mol. The van der Waals surface area contributed by atoms with E-state index in [2.05, 4.69) is 16.6 Å². The Bertz CT molecular complexity index is 1500. The molecule has 2 atom stereocenters. The van der Waals surface area contributed by atoms with Gasteiger partial charge in [0, 0.05) is 37.6 Å². The number of benzene rings is 2. The van der Waals surface area contributed by atoms with E-state index in [1.165, 1.54) is 11.3 Å². The van der Waals surface area contributed by atoms with Crippen molar-refractivity contribution in [3.05, 3.63) is 101 Å². The van der Waals surface area contributed by atoms with Crippen LogP contribution < -0.4 is 9.62 Å². The van der Waals surface area contributed by atoms with E-state index in [-0.39, 0.29) is 17.9 Å². The first-order valence-corrected chi connectivity index (χ1v) is 15.2. The molecule has 0 spiro atoms. The first kappa shape index (κ1) is 26.3. The van der Waals surface area contributed by atoms with Crippen molar-refractivity contribution in [1.29, 1.82) is 0 Å².